The van der Waals surface area contributed by atoms with Crippen LogP contribution in [-0.2, 0) is 0 Å². The van der Waals surface area contributed by atoms with Crippen molar-refractivity contribution < 1.29 is 0 Å². The zero-order chi connectivity index (χ0) is 14.3. The lowest BCUT2D eigenvalue weighted by Gasteiger charge is -2.18. The lowest BCUT2D eigenvalue weighted by Crippen LogP contribution is -2.04. The van der Waals surface area contributed by atoms with Crippen LogP contribution in [0.4, 0.5) is 0 Å². The summed E-state index contributed by atoms with van der Waals surface area (Å²) in [4.78, 5) is 0. The maximum Gasteiger partial charge on any atom is -0.0139 e. The number of unbranched alkanes of at least 4 members (excludes halogenated alkanes) is 5. The number of hydrogen-bond acceptors (Lipinski definition) is 0. The summed E-state index contributed by atoms with van der Waals surface area (Å²) in [7, 11) is 0. The van der Waals surface area contributed by atoms with Gasteiger partial charge in [0.1, 0.15) is 0 Å². The molecule has 0 heteroatoms. The molecule has 0 fully saturated rings. The molecule has 110 valence electrons. The third kappa shape index (κ3) is 9.76. The van der Waals surface area contributed by atoms with Crippen molar-refractivity contribution in [3.63, 3.8) is 0 Å². The summed E-state index contributed by atoms with van der Waals surface area (Å²) in [6, 6.07) is 0. The van der Waals surface area contributed by atoms with Crippen LogP contribution < -0.4 is 0 Å². The van der Waals surface area contributed by atoms with Crippen LogP contribution in [-0.4, -0.2) is 0 Å². The lowest BCUT2D eigenvalue weighted by atomic mass is 9.87. The van der Waals surface area contributed by atoms with Gasteiger partial charge >= 0.3 is 0 Å². The van der Waals surface area contributed by atoms with Gasteiger partial charge in [-0.3, -0.25) is 0 Å². The van der Waals surface area contributed by atoms with E-state index in [9.17, 15) is 0 Å². The molecule has 1 unspecified atom stereocenters. The molecule has 0 rings (SSSR count). The van der Waals surface area contributed by atoms with E-state index >= 15 is 0 Å². The Balaban J connectivity index is 4.44. The van der Waals surface area contributed by atoms with Gasteiger partial charge in [-0.25, -0.2) is 0 Å². The molecule has 0 aromatic carbocycles. The van der Waals surface area contributed by atoms with Gasteiger partial charge in [-0.2, -0.15) is 0 Å². The molecule has 0 aromatic heterocycles. The van der Waals surface area contributed by atoms with Gasteiger partial charge in [-0.05, 0) is 38.0 Å². The second kappa shape index (κ2) is 13.6. The summed E-state index contributed by atoms with van der Waals surface area (Å²) in [5.74, 6) is 0.698. The van der Waals surface area contributed by atoms with Gasteiger partial charge in [0.05, 0.1) is 0 Å². The second-order valence-corrected chi connectivity index (χ2v) is 5.48. The van der Waals surface area contributed by atoms with Crippen LogP contribution in [0.25, 0.3) is 0 Å². The van der Waals surface area contributed by atoms with Gasteiger partial charge in [0.15, 0.2) is 0 Å². The maximum atomic E-state index is 3.93. The van der Waals surface area contributed by atoms with Crippen LogP contribution in [0.15, 0.2) is 37.0 Å². The molecule has 0 aromatic rings. The van der Waals surface area contributed by atoms with E-state index in [2.05, 4.69) is 45.2 Å². The van der Waals surface area contributed by atoms with E-state index in [0.717, 1.165) is 12.8 Å². The summed E-state index contributed by atoms with van der Waals surface area (Å²) < 4.78 is 0. The monoisotopic (exact) mass is 262 g/mol. The maximum absolute atomic E-state index is 3.93. The van der Waals surface area contributed by atoms with Crippen LogP contribution in [0.3, 0.4) is 0 Å². The molecule has 0 saturated heterocycles. The van der Waals surface area contributed by atoms with E-state index in [1.807, 2.05) is 0 Å². The standard InChI is InChI=1S/C19H34/c1-5-9-11-13-17-19(15-8-4)18(14-7-3)16-12-10-6-2/h7-8,17-18H,3-6,9-16H2,1-2H3. The van der Waals surface area contributed by atoms with E-state index in [1.165, 1.54) is 51.4 Å². The van der Waals surface area contributed by atoms with E-state index in [1.54, 1.807) is 5.57 Å². The number of rotatable bonds is 13. The SMILES string of the molecule is C=CCC(=CCCCCC)C(CC=C)CCCCC. The number of hydrogen-bond donors (Lipinski definition) is 0. The van der Waals surface area contributed by atoms with Crippen molar-refractivity contribution in [2.24, 2.45) is 5.92 Å². The molecule has 0 radical (unpaired) electrons. The minimum atomic E-state index is 0.698. The van der Waals surface area contributed by atoms with Crippen molar-refractivity contribution >= 4 is 0 Å². The molecule has 0 N–H and O–H groups in total. The molecule has 0 amide bonds. The highest BCUT2D eigenvalue weighted by Gasteiger charge is 2.11. The van der Waals surface area contributed by atoms with Crippen molar-refractivity contribution in [1.29, 1.82) is 0 Å². The summed E-state index contributed by atoms with van der Waals surface area (Å²) in [6.07, 6.45) is 19.3. The van der Waals surface area contributed by atoms with Crippen molar-refractivity contribution in [1.82, 2.24) is 0 Å². The van der Waals surface area contributed by atoms with Crippen LogP contribution >= 0.6 is 0 Å². The van der Waals surface area contributed by atoms with Crippen LogP contribution in [0.5, 0.6) is 0 Å². The fourth-order valence-corrected chi connectivity index (χ4v) is 2.56. The predicted molar refractivity (Wildman–Crippen MR) is 89.5 cm³/mol. The molecular weight excluding hydrogens is 228 g/mol. The Kier molecular flexibility index (Phi) is 13.1. The Bertz CT molecular complexity index is 247. The number of allylic oxidation sites excluding steroid dienone is 4. The molecule has 0 saturated carbocycles. The summed E-state index contributed by atoms with van der Waals surface area (Å²) in [5, 5.41) is 0. The van der Waals surface area contributed by atoms with E-state index in [-0.39, 0.29) is 0 Å². The quantitative estimate of drug-likeness (QED) is 0.252. The highest BCUT2D eigenvalue weighted by molar-refractivity contribution is 5.11. The Hall–Kier alpha value is -0.780. The highest BCUT2D eigenvalue weighted by Crippen LogP contribution is 2.26. The summed E-state index contributed by atoms with van der Waals surface area (Å²) in [6.45, 7) is 12.4. The Morgan fingerprint density at radius 1 is 0.947 bits per heavy atom. The average Bonchev–Trinajstić information content (AvgIpc) is 2.42. The summed E-state index contributed by atoms with van der Waals surface area (Å²) >= 11 is 0. The van der Waals surface area contributed by atoms with E-state index < -0.39 is 0 Å². The minimum absolute atomic E-state index is 0.698. The van der Waals surface area contributed by atoms with E-state index in [4.69, 9.17) is 0 Å². The van der Waals surface area contributed by atoms with Crippen molar-refractivity contribution in [3.8, 4) is 0 Å². The third-order valence-corrected chi connectivity index (χ3v) is 3.73. The highest BCUT2D eigenvalue weighted by atomic mass is 14.2. The molecule has 0 heterocycles. The Labute approximate surface area is 121 Å². The first-order valence-electron chi connectivity index (χ1n) is 8.20. The molecule has 0 bridgehead atoms. The van der Waals surface area contributed by atoms with Crippen LogP contribution in [0.2, 0.25) is 0 Å². The van der Waals surface area contributed by atoms with Gasteiger partial charge in [-0.1, -0.05) is 69.8 Å². The zero-order valence-electron chi connectivity index (χ0n) is 13.3. The molecule has 0 nitrogen and oxygen atoms in total. The average molecular weight is 262 g/mol. The van der Waals surface area contributed by atoms with Gasteiger partial charge in [0, 0.05) is 0 Å². The summed E-state index contributed by atoms with van der Waals surface area (Å²) in [5.41, 5.74) is 1.60. The minimum Gasteiger partial charge on any atom is -0.103 e. The van der Waals surface area contributed by atoms with Gasteiger partial charge < -0.3 is 0 Å². The molecule has 0 aliphatic carbocycles. The predicted octanol–water partition coefficient (Wildman–Crippen LogP) is 6.84. The fourth-order valence-electron chi connectivity index (χ4n) is 2.56. The molecule has 0 aliphatic heterocycles. The molecular formula is C19H34. The molecule has 0 aliphatic rings. The van der Waals surface area contributed by atoms with Crippen molar-refractivity contribution in [3.05, 3.63) is 37.0 Å². The van der Waals surface area contributed by atoms with Crippen LogP contribution in [0, 0.1) is 5.92 Å². The fraction of sp³-hybridized carbons (Fsp3) is 0.684. The van der Waals surface area contributed by atoms with Crippen molar-refractivity contribution in [2.75, 3.05) is 0 Å². The zero-order valence-corrected chi connectivity index (χ0v) is 13.3. The first-order chi connectivity index (χ1) is 9.29. The third-order valence-electron chi connectivity index (χ3n) is 3.73. The van der Waals surface area contributed by atoms with Crippen molar-refractivity contribution in [2.45, 2.75) is 78.1 Å². The smallest absolute Gasteiger partial charge is 0.0139 e. The van der Waals surface area contributed by atoms with Gasteiger partial charge in [0.25, 0.3) is 0 Å². The van der Waals surface area contributed by atoms with Gasteiger partial charge in [-0.15, -0.1) is 13.2 Å². The van der Waals surface area contributed by atoms with Crippen LogP contribution in [0.1, 0.15) is 78.1 Å². The Morgan fingerprint density at radius 3 is 2.21 bits per heavy atom. The molecule has 1 atom stereocenters. The first-order valence-corrected chi connectivity index (χ1v) is 8.20. The first kappa shape index (κ1) is 18.2. The molecule has 19 heavy (non-hydrogen) atoms. The lowest BCUT2D eigenvalue weighted by molar-refractivity contribution is 0.513. The normalized spacial score (nSPS) is 13.3. The topological polar surface area (TPSA) is 0 Å². The van der Waals surface area contributed by atoms with Gasteiger partial charge in [0.2, 0.25) is 0 Å². The van der Waals surface area contributed by atoms with E-state index in [0.29, 0.717) is 5.92 Å². The molecule has 0 spiro atoms. The Morgan fingerprint density at radius 2 is 1.63 bits per heavy atom. The second-order valence-electron chi connectivity index (χ2n) is 5.48. The largest absolute Gasteiger partial charge is 0.103 e.